The topological polar surface area (TPSA) is 97.2 Å². The van der Waals surface area contributed by atoms with Crippen molar-refractivity contribution in [1.29, 1.82) is 0 Å². The predicted molar refractivity (Wildman–Crippen MR) is 84.8 cm³/mol. The summed E-state index contributed by atoms with van der Waals surface area (Å²) in [6.45, 7) is 3.43. The highest BCUT2D eigenvalue weighted by molar-refractivity contribution is 6.30. The second kappa shape index (κ2) is 6.51. The lowest BCUT2D eigenvalue weighted by Crippen LogP contribution is -2.39. The minimum absolute atomic E-state index is 0.0117. The Morgan fingerprint density at radius 3 is 3.09 bits per heavy atom. The number of hydrogen-bond donors (Lipinski definition) is 1. The maximum atomic E-state index is 11.3. The Hall–Kier alpha value is -2.19. The monoisotopic (exact) mass is 337 g/mol. The molecule has 0 radical (unpaired) electrons. The van der Waals surface area contributed by atoms with Gasteiger partial charge in [-0.25, -0.2) is 4.98 Å². The number of aromatic amines is 1. The molecule has 1 saturated heterocycles. The zero-order valence-corrected chi connectivity index (χ0v) is 13.3. The quantitative estimate of drug-likeness (QED) is 0.680. The second-order valence-corrected chi connectivity index (χ2v) is 5.63. The van der Waals surface area contributed by atoms with E-state index in [9.17, 15) is 10.1 Å². The third-order valence-corrected chi connectivity index (χ3v) is 3.95. The first kappa shape index (κ1) is 15.7. The molecule has 1 aromatic carbocycles. The van der Waals surface area contributed by atoms with Crippen LogP contribution in [0.4, 0.5) is 11.4 Å². The summed E-state index contributed by atoms with van der Waals surface area (Å²) in [5.41, 5.74) is 0.515. The Morgan fingerprint density at radius 1 is 1.57 bits per heavy atom. The molecule has 2 heterocycles. The van der Waals surface area contributed by atoms with Gasteiger partial charge < -0.3 is 9.64 Å². The Bertz CT molecular complexity index is 720. The van der Waals surface area contributed by atoms with Crippen LogP contribution in [0.15, 0.2) is 18.2 Å². The number of aromatic nitrogens is 3. The number of nitrogens with zero attached hydrogens (tertiary/aromatic N) is 4. The molecule has 0 bridgehead atoms. The highest BCUT2D eigenvalue weighted by Gasteiger charge is 2.29. The van der Waals surface area contributed by atoms with E-state index in [-0.39, 0.29) is 11.8 Å². The number of hydrogen-bond acceptors (Lipinski definition) is 6. The van der Waals surface area contributed by atoms with Crippen LogP contribution in [0.25, 0.3) is 0 Å². The van der Waals surface area contributed by atoms with Crippen LogP contribution in [0.2, 0.25) is 5.02 Å². The molecule has 1 aliphatic rings. The van der Waals surface area contributed by atoms with Gasteiger partial charge in [-0.3, -0.25) is 15.2 Å². The minimum atomic E-state index is -0.423. The van der Waals surface area contributed by atoms with Gasteiger partial charge in [-0.2, -0.15) is 5.10 Å². The van der Waals surface area contributed by atoms with Crippen LogP contribution in [0, 0.1) is 10.1 Å². The number of morpholine rings is 1. The summed E-state index contributed by atoms with van der Waals surface area (Å²) in [6.07, 6.45) is 0.433. The number of nitrogens with one attached hydrogen (secondary N) is 1. The van der Waals surface area contributed by atoms with Gasteiger partial charge in [0.25, 0.3) is 5.69 Å². The fourth-order valence-corrected chi connectivity index (χ4v) is 2.71. The van der Waals surface area contributed by atoms with E-state index in [0.29, 0.717) is 36.2 Å². The molecule has 8 nitrogen and oxygen atoms in total. The van der Waals surface area contributed by atoms with Gasteiger partial charge in [-0.05, 0) is 12.1 Å². The molecule has 2 aromatic rings. The van der Waals surface area contributed by atoms with E-state index >= 15 is 0 Å². The molecule has 9 heteroatoms. The SMILES string of the molecule is CCc1nc([C@@H]2CN(c3ccc(Cl)cc3[N+](=O)[O-])CCO2)n[nH]1. The van der Waals surface area contributed by atoms with Crippen LogP contribution in [0.1, 0.15) is 24.7 Å². The molecule has 0 amide bonds. The van der Waals surface area contributed by atoms with E-state index < -0.39 is 4.92 Å². The molecular weight excluding hydrogens is 322 g/mol. The third-order valence-electron chi connectivity index (χ3n) is 3.71. The molecule has 0 spiro atoms. The number of nitro groups is 1. The number of halogens is 1. The Labute approximate surface area is 137 Å². The minimum Gasteiger partial charge on any atom is -0.366 e. The van der Waals surface area contributed by atoms with Crippen LogP contribution < -0.4 is 4.90 Å². The molecular formula is C14H16ClN5O3. The van der Waals surface area contributed by atoms with Crippen molar-refractivity contribution >= 4 is 23.0 Å². The molecule has 1 fully saturated rings. The van der Waals surface area contributed by atoms with Crippen LogP contribution >= 0.6 is 11.6 Å². The molecule has 122 valence electrons. The van der Waals surface area contributed by atoms with Crippen LogP contribution in [-0.4, -0.2) is 39.8 Å². The van der Waals surface area contributed by atoms with Crippen molar-refractivity contribution < 1.29 is 9.66 Å². The predicted octanol–water partition coefficient (Wildman–Crippen LogP) is 2.51. The van der Waals surface area contributed by atoms with Gasteiger partial charge in [-0.1, -0.05) is 18.5 Å². The Kier molecular flexibility index (Phi) is 4.44. The Morgan fingerprint density at radius 2 is 2.39 bits per heavy atom. The maximum Gasteiger partial charge on any atom is 0.294 e. The summed E-state index contributed by atoms with van der Waals surface area (Å²) in [6, 6.07) is 4.68. The summed E-state index contributed by atoms with van der Waals surface area (Å²) < 4.78 is 5.72. The van der Waals surface area contributed by atoms with Crippen molar-refractivity contribution in [2.75, 3.05) is 24.6 Å². The van der Waals surface area contributed by atoms with Crippen molar-refractivity contribution in [3.8, 4) is 0 Å². The lowest BCUT2D eigenvalue weighted by Gasteiger charge is -2.32. The first-order valence-corrected chi connectivity index (χ1v) is 7.68. The molecule has 0 saturated carbocycles. The standard InChI is InChI=1S/C14H16ClN5O3/c1-2-13-16-14(18-17-13)12-8-19(5-6-23-12)10-4-3-9(15)7-11(10)20(21)22/h3-4,7,12H,2,5-6,8H2,1H3,(H,16,17,18)/t12-/m0/s1. The number of H-pyrrole nitrogens is 1. The maximum absolute atomic E-state index is 11.3. The Balaban J connectivity index is 1.85. The second-order valence-electron chi connectivity index (χ2n) is 5.19. The number of aryl methyl sites for hydroxylation is 1. The molecule has 0 aliphatic carbocycles. The van der Waals surface area contributed by atoms with E-state index in [2.05, 4.69) is 15.2 Å². The van der Waals surface area contributed by atoms with Gasteiger partial charge in [0.15, 0.2) is 5.82 Å². The van der Waals surface area contributed by atoms with Gasteiger partial charge in [-0.15, -0.1) is 0 Å². The van der Waals surface area contributed by atoms with Crippen molar-refractivity contribution in [1.82, 2.24) is 15.2 Å². The largest absolute Gasteiger partial charge is 0.366 e. The first-order valence-electron chi connectivity index (χ1n) is 7.30. The van der Waals surface area contributed by atoms with Crippen molar-refractivity contribution in [2.24, 2.45) is 0 Å². The fraction of sp³-hybridized carbons (Fsp3) is 0.429. The van der Waals surface area contributed by atoms with Crippen molar-refractivity contribution in [2.45, 2.75) is 19.4 Å². The number of benzene rings is 1. The van der Waals surface area contributed by atoms with E-state index in [1.807, 2.05) is 11.8 Å². The van der Waals surface area contributed by atoms with Gasteiger partial charge in [0.05, 0.1) is 18.1 Å². The van der Waals surface area contributed by atoms with Crippen LogP contribution in [-0.2, 0) is 11.2 Å². The van der Waals surface area contributed by atoms with Gasteiger partial charge >= 0.3 is 0 Å². The first-order chi connectivity index (χ1) is 11.1. The molecule has 3 rings (SSSR count). The van der Waals surface area contributed by atoms with Crippen molar-refractivity contribution in [3.05, 3.63) is 45.0 Å². The summed E-state index contributed by atoms with van der Waals surface area (Å²) >= 11 is 5.87. The summed E-state index contributed by atoms with van der Waals surface area (Å²) in [4.78, 5) is 17.1. The average molecular weight is 338 g/mol. The van der Waals surface area contributed by atoms with Gasteiger partial charge in [0.2, 0.25) is 0 Å². The lowest BCUT2D eigenvalue weighted by atomic mass is 10.2. The summed E-state index contributed by atoms with van der Waals surface area (Å²) in [5.74, 6) is 1.36. The molecule has 1 atom stereocenters. The average Bonchev–Trinajstić information content (AvgIpc) is 3.04. The molecule has 23 heavy (non-hydrogen) atoms. The van der Waals surface area contributed by atoms with Crippen molar-refractivity contribution in [3.63, 3.8) is 0 Å². The van der Waals surface area contributed by atoms with E-state index in [1.165, 1.54) is 6.07 Å². The molecule has 1 N–H and O–H groups in total. The van der Waals surface area contributed by atoms with E-state index in [1.54, 1.807) is 12.1 Å². The lowest BCUT2D eigenvalue weighted by molar-refractivity contribution is -0.384. The molecule has 0 unspecified atom stereocenters. The molecule has 1 aliphatic heterocycles. The highest BCUT2D eigenvalue weighted by Crippen LogP contribution is 2.33. The normalized spacial score (nSPS) is 18.2. The summed E-state index contributed by atoms with van der Waals surface area (Å²) in [7, 11) is 0. The number of nitro benzene ring substituents is 1. The number of rotatable bonds is 4. The molecule has 1 aromatic heterocycles. The number of anilines is 1. The smallest absolute Gasteiger partial charge is 0.294 e. The van der Waals surface area contributed by atoms with E-state index in [0.717, 1.165) is 12.2 Å². The van der Waals surface area contributed by atoms with Crippen LogP contribution in [0.5, 0.6) is 0 Å². The third kappa shape index (κ3) is 3.27. The number of ether oxygens (including phenoxy) is 1. The van der Waals surface area contributed by atoms with Gasteiger partial charge in [0, 0.05) is 24.1 Å². The fourth-order valence-electron chi connectivity index (χ4n) is 2.55. The van der Waals surface area contributed by atoms with Crippen LogP contribution in [0.3, 0.4) is 0 Å². The van der Waals surface area contributed by atoms with E-state index in [4.69, 9.17) is 16.3 Å². The van der Waals surface area contributed by atoms with Gasteiger partial charge in [0.1, 0.15) is 17.6 Å². The summed E-state index contributed by atoms with van der Waals surface area (Å²) in [5, 5.41) is 18.6. The zero-order chi connectivity index (χ0) is 16.4. The zero-order valence-electron chi connectivity index (χ0n) is 12.5. The highest BCUT2D eigenvalue weighted by atomic mass is 35.5.